The highest BCUT2D eigenvalue weighted by atomic mass is 35.5. The van der Waals surface area contributed by atoms with Gasteiger partial charge in [-0.2, -0.15) is 10.4 Å². The number of nitrogens with zero attached hydrogens (tertiary/aromatic N) is 3. The molecule has 4 rings (SSSR count). The molecule has 0 saturated heterocycles. The quantitative estimate of drug-likeness (QED) is 0.451. The summed E-state index contributed by atoms with van der Waals surface area (Å²) in [4.78, 5) is 12.5. The van der Waals surface area contributed by atoms with Gasteiger partial charge in [-0.05, 0) is 41.0 Å². The summed E-state index contributed by atoms with van der Waals surface area (Å²) in [5, 5.41) is 17.2. The third kappa shape index (κ3) is 4.82. The maximum absolute atomic E-state index is 12.5. The summed E-state index contributed by atoms with van der Waals surface area (Å²) in [6.45, 7) is 0. The molecule has 4 aromatic rings. The Bertz CT molecular complexity index is 1230. The molecule has 0 aliphatic carbocycles. The van der Waals surface area contributed by atoms with Gasteiger partial charge in [0.1, 0.15) is 0 Å². The third-order valence-electron chi connectivity index (χ3n) is 4.88. The first kappa shape index (κ1) is 20.4. The second kappa shape index (κ2) is 9.29. The first-order chi connectivity index (χ1) is 15.1. The van der Waals surface area contributed by atoms with Crippen molar-refractivity contribution >= 4 is 23.2 Å². The molecule has 152 valence electrons. The molecule has 0 aliphatic rings. The van der Waals surface area contributed by atoms with Crippen LogP contribution in [0.5, 0.6) is 0 Å². The van der Waals surface area contributed by atoms with Gasteiger partial charge in [0.05, 0.1) is 30.3 Å². The highest BCUT2D eigenvalue weighted by Crippen LogP contribution is 2.31. The summed E-state index contributed by atoms with van der Waals surface area (Å²) in [7, 11) is 0. The van der Waals surface area contributed by atoms with Crippen LogP contribution in [0.25, 0.3) is 5.69 Å². The molecule has 1 N–H and O–H groups in total. The Morgan fingerprint density at radius 1 is 1.06 bits per heavy atom. The number of carbonyl (C=O) groups excluding carboxylic acids is 1. The van der Waals surface area contributed by atoms with E-state index < -0.39 is 5.92 Å². The largest absolute Gasteiger partial charge is 0.326 e. The van der Waals surface area contributed by atoms with Crippen molar-refractivity contribution in [3.63, 3.8) is 0 Å². The van der Waals surface area contributed by atoms with Crippen LogP contribution >= 0.6 is 11.6 Å². The standard InChI is InChI=1S/C25H19ClN4O/c26-24-14-20(11-12-22(24)23(15-27)19-7-3-1-4-8-19)29-25(31)13-18-16-28-30(17-18)21-9-5-2-6-10-21/h1-12,14,16-17,23H,13H2,(H,29,31). The number of nitriles is 1. The van der Waals surface area contributed by atoms with Crippen molar-refractivity contribution in [1.29, 1.82) is 5.26 Å². The van der Waals surface area contributed by atoms with Crippen molar-refractivity contribution < 1.29 is 4.79 Å². The highest BCUT2D eigenvalue weighted by molar-refractivity contribution is 6.31. The normalized spacial score (nSPS) is 11.5. The molecule has 1 unspecified atom stereocenters. The minimum Gasteiger partial charge on any atom is -0.326 e. The van der Waals surface area contributed by atoms with Gasteiger partial charge in [-0.25, -0.2) is 4.68 Å². The van der Waals surface area contributed by atoms with Crippen molar-refractivity contribution in [1.82, 2.24) is 9.78 Å². The summed E-state index contributed by atoms with van der Waals surface area (Å²) in [6, 6.07) is 26.7. The van der Waals surface area contributed by atoms with Crippen molar-refractivity contribution in [2.45, 2.75) is 12.3 Å². The maximum Gasteiger partial charge on any atom is 0.228 e. The predicted molar refractivity (Wildman–Crippen MR) is 121 cm³/mol. The Labute approximate surface area is 185 Å². The van der Waals surface area contributed by atoms with Crippen molar-refractivity contribution in [3.05, 3.63) is 113 Å². The number of hydrogen-bond donors (Lipinski definition) is 1. The molecule has 31 heavy (non-hydrogen) atoms. The number of benzene rings is 3. The van der Waals surface area contributed by atoms with Crippen LogP contribution in [0.3, 0.4) is 0 Å². The van der Waals surface area contributed by atoms with Crippen LogP contribution in [0, 0.1) is 11.3 Å². The lowest BCUT2D eigenvalue weighted by Crippen LogP contribution is -2.14. The minimum absolute atomic E-state index is 0.170. The van der Waals surface area contributed by atoms with Gasteiger partial charge in [0.25, 0.3) is 0 Å². The number of halogens is 1. The number of carbonyl (C=O) groups is 1. The average Bonchev–Trinajstić information content (AvgIpc) is 3.25. The van der Waals surface area contributed by atoms with Gasteiger partial charge >= 0.3 is 0 Å². The molecule has 0 aliphatic heterocycles. The number of para-hydroxylation sites is 1. The molecule has 0 fully saturated rings. The smallest absolute Gasteiger partial charge is 0.228 e. The lowest BCUT2D eigenvalue weighted by Gasteiger charge is -2.13. The molecular formula is C25H19ClN4O. The molecule has 3 aromatic carbocycles. The van der Waals surface area contributed by atoms with E-state index in [0.717, 1.165) is 16.8 Å². The van der Waals surface area contributed by atoms with E-state index >= 15 is 0 Å². The molecule has 0 saturated carbocycles. The number of anilines is 1. The maximum atomic E-state index is 12.5. The van der Waals surface area contributed by atoms with E-state index in [2.05, 4.69) is 16.5 Å². The Morgan fingerprint density at radius 2 is 1.77 bits per heavy atom. The van der Waals surface area contributed by atoms with Gasteiger partial charge in [0, 0.05) is 16.9 Å². The average molecular weight is 427 g/mol. The van der Waals surface area contributed by atoms with Gasteiger partial charge in [-0.15, -0.1) is 0 Å². The fraction of sp³-hybridized carbons (Fsp3) is 0.0800. The molecule has 0 radical (unpaired) electrons. The molecule has 1 amide bonds. The molecular weight excluding hydrogens is 408 g/mol. The van der Waals surface area contributed by atoms with Crippen molar-refractivity contribution in [3.8, 4) is 11.8 Å². The van der Waals surface area contributed by atoms with Crippen LogP contribution in [-0.2, 0) is 11.2 Å². The SMILES string of the molecule is N#CC(c1ccccc1)c1ccc(NC(=O)Cc2cnn(-c3ccccc3)c2)cc1Cl. The van der Waals surface area contributed by atoms with Crippen LogP contribution < -0.4 is 5.32 Å². The minimum atomic E-state index is -0.470. The Hall–Kier alpha value is -3.88. The van der Waals surface area contributed by atoms with Gasteiger partial charge in [-0.1, -0.05) is 66.2 Å². The number of aromatic nitrogens is 2. The van der Waals surface area contributed by atoms with Crippen LogP contribution in [0.2, 0.25) is 5.02 Å². The molecule has 1 aromatic heterocycles. The molecule has 5 nitrogen and oxygen atoms in total. The number of nitrogens with one attached hydrogen (secondary N) is 1. The van der Waals surface area contributed by atoms with Gasteiger partial charge in [0.2, 0.25) is 5.91 Å². The Kier molecular flexibility index (Phi) is 6.11. The second-order valence-corrected chi connectivity index (χ2v) is 7.47. The van der Waals surface area contributed by atoms with Crippen LogP contribution in [0.1, 0.15) is 22.6 Å². The predicted octanol–water partition coefficient (Wildman–Crippen LogP) is 5.36. The first-order valence-corrected chi connectivity index (χ1v) is 10.1. The fourth-order valence-electron chi connectivity index (χ4n) is 3.37. The van der Waals surface area contributed by atoms with Gasteiger partial charge in [0.15, 0.2) is 0 Å². The van der Waals surface area contributed by atoms with E-state index in [9.17, 15) is 10.1 Å². The monoisotopic (exact) mass is 426 g/mol. The molecule has 0 spiro atoms. The lowest BCUT2D eigenvalue weighted by molar-refractivity contribution is -0.115. The molecule has 6 heteroatoms. The zero-order chi connectivity index (χ0) is 21.6. The Balaban J connectivity index is 1.44. The molecule has 0 bridgehead atoms. The lowest BCUT2D eigenvalue weighted by atomic mass is 9.92. The summed E-state index contributed by atoms with van der Waals surface area (Å²) < 4.78 is 1.74. The number of amides is 1. The van der Waals surface area contributed by atoms with E-state index in [1.54, 1.807) is 29.1 Å². The van der Waals surface area contributed by atoms with Crippen molar-refractivity contribution in [2.75, 3.05) is 5.32 Å². The number of rotatable bonds is 6. The van der Waals surface area contributed by atoms with E-state index in [1.807, 2.05) is 66.9 Å². The molecule has 1 atom stereocenters. The Morgan fingerprint density at radius 3 is 2.45 bits per heavy atom. The first-order valence-electron chi connectivity index (χ1n) is 9.77. The topological polar surface area (TPSA) is 70.7 Å². The van der Waals surface area contributed by atoms with Gasteiger partial charge < -0.3 is 5.32 Å². The van der Waals surface area contributed by atoms with E-state index in [0.29, 0.717) is 16.3 Å². The second-order valence-electron chi connectivity index (χ2n) is 7.06. The summed E-state index contributed by atoms with van der Waals surface area (Å²) in [5.41, 5.74) is 3.90. The summed E-state index contributed by atoms with van der Waals surface area (Å²) in [5.74, 6) is -0.640. The fourth-order valence-corrected chi connectivity index (χ4v) is 3.66. The number of hydrogen-bond acceptors (Lipinski definition) is 3. The summed E-state index contributed by atoms with van der Waals surface area (Å²) in [6.07, 6.45) is 3.71. The third-order valence-corrected chi connectivity index (χ3v) is 5.21. The van der Waals surface area contributed by atoms with E-state index in [-0.39, 0.29) is 12.3 Å². The highest BCUT2D eigenvalue weighted by Gasteiger charge is 2.17. The van der Waals surface area contributed by atoms with E-state index in [4.69, 9.17) is 11.6 Å². The van der Waals surface area contributed by atoms with Crippen LogP contribution in [-0.4, -0.2) is 15.7 Å². The summed E-state index contributed by atoms with van der Waals surface area (Å²) >= 11 is 6.45. The van der Waals surface area contributed by atoms with Crippen LogP contribution in [0.15, 0.2) is 91.3 Å². The van der Waals surface area contributed by atoms with Crippen LogP contribution in [0.4, 0.5) is 5.69 Å². The zero-order valence-corrected chi connectivity index (χ0v) is 17.3. The van der Waals surface area contributed by atoms with E-state index in [1.165, 1.54) is 0 Å². The van der Waals surface area contributed by atoms with Gasteiger partial charge in [-0.3, -0.25) is 4.79 Å². The zero-order valence-electron chi connectivity index (χ0n) is 16.6. The molecule has 1 heterocycles. The van der Waals surface area contributed by atoms with Crippen molar-refractivity contribution in [2.24, 2.45) is 0 Å².